The molecule has 31 heavy (non-hydrogen) atoms. The number of halogens is 2. The van der Waals surface area contributed by atoms with E-state index in [1.165, 1.54) is 44.5 Å². The summed E-state index contributed by atoms with van der Waals surface area (Å²) in [6.45, 7) is 0. The average Bonchev–Trinajstić information content (AvgIpc) is 3.33. The normalized spacial score (nSPS) is 14.4. The summed E-state index contributed by atoms with van der Waals surface area (Å²) in [5, 5.41) is 0. The fourth-order valence-electron chi connectivity index (χ4n) is 5.56. The first kappa shape index (κ1) is 21.2. The molecule has 0 aromatic heterocycles. The number of benzene rings is 4. The van der Waals surface area contributed by atoms with Gasteiger partial charge in [0.2, 0.25) is 0 Å². The van der Waals surface area contributed by atoms with Gasteiger partial charge in [-0.15, -0.1) is 0 Å². The maximum absolute atomic E-state index is 7.66. The van der Waals surface area contributed by atoms with Gasteiger partial charge >= 0.3 is 0 Å². The molecule has 0 aliphatic heterocycles. The average molecular weight is 518 g/mol. The number of rotatable bonds is 3. The summed E-state index contributed by atoms with van der Waals surface area (Å²) in [5.74, 6) is 1.64. The Labute approximate surface area is 212 Å². The molecule has 2 aliphatic carbocycles. The third kappa shape index (κ3) is 2.97. The van der Waals surface area contributed by atoms with Crippen molar-refractivity contribution < 1.29 is 26.2 Å². The predicted molar refractivity (Wildman–Crippen MR) is 126 cm³/mol. The molecule has 4 aromatic rings. The van der Waals surface area contributed by atoms with Crippen molar-refractivity contribution in [1.82, 2.24) is 0 Å². The largest absolute Gasteiger partial charge is 0.347 e. The molecule has 0 spiro atoms. The Morgan fingerprint density at radius 1 is 0.516 bits per heavy atom. The van der Waals surface area contributed by atoms with Crippen LogP contribution in [0, 0.1) is 5.88 Å². The third-order valence-electron chi connectivity index (χ3n) is 6.72. The smallest absolute Gasteiger partial charge is 0.00356 e. The van der Waals surface area contributed by atoms with Crippen molar-refractivity contribution in [3.05, 3.63) is 125 Å². The van der Waals surface area contributed by atoms with Gasteiger partial charge in [-0.2, -0.15) is 11.6 Å². The van der Waals surface area contributed by atoms with Crippen LogP contribution in [0.25, 0.3) is 22.3 Å². The fourth-order valence-corrected chi connectivity index (χ4v) is 6.28. The molecule has 0 heterocycles. The Kier molecular flexibility index (Phi) is 5.50. The van der Waals surface area contributed by atoms with Crippen molar-refractivity contribution >= 4 is 23.2 Å². The van der Waals surface area contributed by atoms with E-state index in [0.717, 1.165) is 0 Å². The topological polar surface area (TPSA) is 0 Å². The minimum atomic E-state index is -0.813. The van der Waals surface area contributed by atoms with E-state index in [-0.39, 0.29) is 38.0 Å². The van der Waals surface area contributed by atoms with Gasteiger partial charge < -0.3 is 11.6 Å². The molecule has 0 saturated carbocycles. The molecule has 3 heteroatoms. The van der Waals surface area contributed by atoms with Gasteiger partial charge in [-0.1, -0.05) is 97.1 Å². The molecule has 0 bridgehead atoms. The van der Waals surface area contributed by atoms with Crippen LogP contribution in [0.2, 0.25) is 0 Å². The molecule has 0 radical (unpaired) electrons. The number of hydrogen-bond acceptors (Lipinski definition) is 0. The summed E-state index contributed by atoms with van der Waals surface area (Å²) in [5.41, 5.74) is 9.98. The van der Waals surface area contributed by atoms with Crippen molar-refractivity contribution in [3.8, 4) is 22.3 Å². The van der Waals surface area contributed by atoms with Gasteiger partial charge in [0.1, 0.15) is 0 Å². The van der Waals surface area contributed by atoms with Crippen LogP contribution >= 0.6 is 23.2 Å². The number of alkyl halides is 1. The molecule has 0 atom stereocenters. The van der Waals surface area contributed by atoms with Crippen LogP contribution in [-0.4, -0.2) is 4.87 Å². The number of fused-ring (bicyclic) bond motifs is 6. The van der Waals surface area contributed by atoms with Crippen molar-refractivity contribution in [1.29, 1.82) is 0 Å². The summed E-state index contributed by atoms with van der Waals surface area (Å²) in [6, 6.07) is 34.3. The monoisotopic (exact) mass is 515 g/mol. The zero-order valence-corrected chi connectivity index (χ0v) is 20.7. The summed E-state index contributed by atoms with van der Waals surface area (Å²) >= 11 is 14.3. The summed E-state index contributed by atoms with van der Waals surface area (Å²) < 4.78 is 0. The first-order chi connectivity index (χ1) is 14.7. The van der Waals surface area contributed by atoms with Gasteiger partial charge in [0.25, 0.3) is 0 Å². The molecule has 4 aromatic carbocycles. The second-order valence-corrected chi connectivity index (χ2v) is 9.02. The van der Waals surface area contributed by atoms with E-state index in [1.807, 2.05) is 0 Å². The Hall–Kier alpha value is -1.66. The van der Waals surface area contributed by atoms with Gasteiger partial charge in [0.05, 0.1) is 0 Å². The second-order valence-electron chi connectivity index (χ2n) is 8.15. The maximum atomic E-state index is 7.66. The maximum Gasteiger partial charge on any atom is 0.00356 e. The van der Waals surface area contributed by atoms with Gasteiger partial charge in [-0.25, -0.2) is 5.88 Å². The Morgan fingerprint density at radius 2 is 0.774 bits per heavy atom. The summed E-state index contributed by atoms with van der Waals surface area (Å²) in [6.07, 6.45) is 0. The van der Waals surface area contributed by atoms with Crippen molar-refractivity contribution in [2.24, 2.45) is 0 Å². The van der Waals surface area contributed by atoms with Crippen LogP contribution in [0.1, 0.15) is 34.1 Å². The van der Waals surface area contributed by atoms with Crippen LogP contribution in [0.15, 0.2) is 97.1 Å². The van der Waals surface area contributed by atoms with Gasteiger partial charge in [-0.3, -0.25) is 0 Å². The van der Waals surface area contributed by atoms with E-state index >= 15 is 0 Å². The second kappa shape index (κ2) is 8.04. The summed E-state index contributed by atoms with van der Waals surface area (Å²) in [7, 11) is 0. The minimum absolute atomic E-state index is 0. The molecule has 0 N–H and O–H groups in total. The van der Waals surface area contributed by atoms with E-state index in [9.17, 15) is 0 Å². The quantitative estimate of drug-likeness (QED) is 0.191. The van der Waals surface area contributed by atoms with Crippen molar-refractivity contribution in [3.63, 3.8) is 0 Å². The first-order valence-corrected chi connectivity index (χ1v) is 11.1. The van der Waals surface area contributed by atoms with Crippen LogP contribution in [-0.2, 0) is 26.2 Å². The molecule has 150 valence electrons. The fraction of sp³-hybridized carbons (Fsp3) is 0.107. The van der Waals surface area contributed by atoms with E-state index in [1.54, 1.807) is 5.88 Å². The molecular weight excluding hydrogens is 498 g/mol. The molecule has 0 unspecified atom stereocenters. The Bertz CT molecular complexity index is 1090. The molecule has 0 fully saturated rings. The van der Waals surface area contributed by atoms with E-state index in [0.29, 0.717) is 0 Å². The van der Waals surface area contributed by atoms with Crippen LogP contribution in [0.3, 0.4) is 0 Å². The van der Waals surface area contributed by atoms with E-state index in [4.69, 9.17) is 23.2 Å². The molecule has 0 saturated heterocycles. The molecular formula is C28H19Cl2Zr-. The first-order valence-electron chi connectivity index (χ1n) is 10.2. The van der Waals surface area contributed by atoms with Crippen LogP contribution < -0.4 is 0 Å². The minimum Gasteiger partial charge on any atom is -0.347 e. The molecule has 2 aliphatic rings. The zero-order valence-electron chi connectivity index (χ0n) is 16.7. The molecule has 0 amide bonds. The molecule has 6 rings (SSSR count). The standard InChI is InChI=1S/C28H19Cl2.Zr/c29-17-28(30,26-22-13-5-1-9-18(22)19-10-2-6-14-23(19)26)27-24-15-7-3-11-20(24)21-12-4-8-16-25(21)27;/h1-17,26-27H;/q-1;. The van der Waals surface area contributed by atoms with Crippen LogP contribution in [0.5, 0.6) is 0 Å². The zero-order chi connectivity index (χ0) is 20.3. The number of hydrogen-bond donors (Lipinski definition) is 0. The SMILES string of the molecule is Cl[CH-]C(Cl)(C1c2ccccc2-c2ccccc21)C1c2ccccc2-c2ccccc21.[Zr]. The van der Waals surface area contributed by atoms with Crippen molar-refractivity contribution in [2.75, 3.05) is 0 Å². The Morgan fingerprint density at radius 3 is 1.03 bits per heavy atom. The Balaban J connectivity index is 0.00000204. The van der Waals surface area contributed by atoms with E-state index in [2.05, 4.69) is 97.1 Å². The van der Waals surface area contributed by atoms with Gasteiger partial charge in [0, 0.05) is 38.0 Å². The van der Waals surface area contributed by atoms with Gasteiger partial charge in [-0.05, 0) is 49.4 Å². The van der Waals surface area contributed by atoms with E-state index < -0.39 is 4.87 Å². The molecule has 0 nitrogen and oxygen atoms in total. The predicted octanol–water partition coefficient (Wildman–Crippen LogP) is 7.99. The third-order valence-corrected chi connectivity index (χ3v) is 7.74. The van der Waals surface area contributed by atoms with Gasteiger partial charge in [0.15, 0.2) is 0 Å². The summed E-state index contributed by atoms with van der Waals surface area (Å²) in [4.78, 5) is -0.813. The van der Waals surface area contributed by atoms with Crippen molar-refractivity contribution in [2.45, 2.75) is 16.7 Å². The van der Waals surface area contributed by atoms with Crippen LogP contribution in [0.4, 0.5) is 0 Å².